The number of para-hydroxylation sites is 2. The summed E-state index contributed by atoms with van der Waals surface area (Å²) in [4.78, 5) is 18.5. The molecule has 2 aromatic heterocycles. The zero-order chi connectivity index (χ0) is 23.4. The summed E-state index contributed by atoms with van der Waals surface area (Å²) in [7, 11) is 1.86. The number of aryl methyl sites for hydroxylation is 1. The molecule has 172 valence electrons. The molecule has 6 nitrogen and oxygen atoms in total. The molecule has 0 unspecified atom stereocenters. The third-order valence-electron chi connectivity index (χ3n) is 6.08. The molecule has 0 spiro atoms. The number of nitrogens with one attached hydrogen (secondary N) is 1. The third kappa shape index (κ3) is 4.80. The third-order valence-corrected chi connectivity index (χ3v) is 6.08. The zero-order valence-electron chi connectivity index (χ0n) is 20.0. The van der Waals surface area contributed by atoms with Gasteiger partial charge in [-0.3, -0.25) is 9.13 Å². The second-order valence-electron chi connectivity index (χ2n) is 8.88. The fourth-order valence-electron chi connectivity index (χ4n) is 4.23. The normalized spacial score (nSPS) is 11.8. The standard InChI is InChI=1S/C27H33N5O/c1-20(2)15-17-30-25-13-9-8-12-23(25)29-26(30)19-31-21(3)24(14-16-28-4)32(27(31)33)18-22-10-6-5-7-11-22/h5-14,16,20,28H,15,17-19H2,1-4H3/b16-14-. The fourth-order valence-corrected chi connectivity index (χ4v) is 4.23. The van der Waals surface area contributed by atoms with Gasteiger partial charge >= 0.3 is 5.69 Å². The number of hydrogen-bond acceptors (Lipinski definition) is 3. The zero-order valence-corrected chi connectivity index (χ0v) is 20.0. The van der Waals surface area contributed by atoms with E-state index in [4.69, 9.17) is 4.98 Å². The summed E-state index contributed by atoms with van der Waals surface area (Å²) in [5, 5.41) is 3.05. The molecule has 0 aliphatic rings. The first kappa shape index (κ1) is 22.6. The molecule has 0 amide bonds. The van der Waals surface area contributed by atoms with Gasteiger partial charge in [0, 0.05) is 19.3 Å². The second-order valence-corrected chi connectivity index (χ2v) is 8.88. The molecule has 0 aliphatic carbocycles. The van der Waals surface area contributed by atoms with Gasteiger partial charge in [0.25, 0.3) is 0 Å². The number of aromatic nitrogens is 4. The minimum Gasteiger partial charge on any atom is -0.394 e. The van der Waals surface area contributed by atoms with Crippen LogP contribution in [0.1, 0.15) is 43.0 Å². The van der Waals surface area contributed by atoms with E-state index in [0.717, 1.165) is 46.8 Å². The first-order valence-corrected chi connectivity index (χ1v) is 11.6. The van der Waals surface area contributed by atoms with Crippen molar-refractivity contribution in [2.24, 2.45) is 5.92 Å². The van der Waals surface area contributed by atoms with Gasteiger partial charge in [0.15, 0.2) is 0 Å². The van der Waals surface area contributed by atoms with Crippen molar-refractivity contribution < 1.29 is 0 Å². The van der Waals surface area contributed by atoms with Gasteiger partial charge in [-0.25, -0.2) is 9.78 Å². The van der Waals surface area contributed by atoms with Crippen molar-refractivity contribution in [3.8, 4) is 0 Å². The van der Waals surface area contributed by atoms with Gasteiger partial charge in [-0.2, -0.15) is 0 Å². The molecule has 33 heavy (non-hydrogen) atoms. The molecule has 0 saturated heterocycles. The lowest BCUT2D eigenvalue weighted by atomic mass is 10.1. The molecular formula is C27H33N5O. The van der Waals surface area contributed by atoms with Crippen LogP contribution in [-0.4, -0.2) is 25.7 Å². The summed E-state index contributed by atoms with van der Waals surface area (Å²) in [6, 6.07) is 18.3. The van der Waals surface area contributed by atoms with E-state index in [0.29, 0.717) is 19.0 Å². The maximum Gasteiger partial charge on any atom is 0.329 e. The van der Waals surface area contributed by atoms with E-state index in [1.807, 2.05) is 71.8 Å². The molecule has 0 bridgehead atoms. The number of nitrogens with zero attached hydrogens (tertiary/aromatic N) is 4. The van der Waals surface area contributed by atoms with Crippen molar-refractivity contribution in [3.05, 3.63) is 94.1 Å². The van der Waals surface area contributed by atoms with Crippen LogP contribution in [0.4, 0.5) is 0 Å². The van der Waals surface area contributed by atoms with Crippen LogP contribution < -0.4 is 11.0 Å². The average molecular weight is 444 g/mol. The second kappa shape index (κ2) is 9.94. The molecule has 0 aliphatic heterocycles. The van der Waals surface area contributed by atoms with Crippen LogP contribution >= 0.6 is 0 Å². The molecular weight excluding hydrogens is 410 g/mol. The van der Waals surface area contributed by atoms with Gasteiger partial charge in [0.05, 0.1) is 29.8 Å². The molecule has 0 fully saturated rings. The highest BCUT2D eigenvalue weighted by molar-refractivity contribution is 5.75. The lowest BCUT2D eigenvalue weighted by Gasteiger charge is -2.12. The predicted molar refractivity (Wildman–Crippen MR) is 135 cm³/mol. The topological polar surface area (TPSA) is 56.8 Å². The van der Waals surface area contributed by atoms with Crippen molar-refractivity contribution in [2.75, 3.05) is 7.05 Å². The van der Waals surface area contributed by atoms with Crippen LogP contribution in [0.2, 0.25) is 0 Å². The molecule has 2 heterocycles. The maximum atomic E-state index is 13.6. The summed E-state index contributed by atoms with van der Waals surface area (Å²) >= 11 is 0. The van der Waals surface area contributed by atoms with Crippen LogP contribution in [0.3, 0.4) is 0 Å². The van der Waals surface area contributed by atoms with Crippen LogP contribution in [0.25, 0.3) is 17.1 Å². The predicted octanol–water partition coefficient (Wildman–Crippen LogP) is 4.64. The summed E-state index contributed by atoms with van der Waals surface area (Å²) in [5.74, 6) is 1.51. The van der Waals surface area contributed by atoms with E-state index >= 15 is 0 Å². The number of fused-ring (bicyclic) bond motifs is 1. The number of benzene rings is 2. The molecule has 4 rings (SSSR count). The largest absolute Gasteiger partial charge is 0.394 e. The minimum atomic E-state index is -0.0189. The lowest BCUT2D eigenvalue weighted by molar-refractivity contribution is 0.505. The van der Waals surface area contributed by atoms with E-state index < -0.39 is 0 Å². The molecule has 0 saturated carbocycles. The maximum absolute atomic E-state index is 13.6. The Morgan fingerprint density at radius 1 is 0.970 bits per heavy atom. The van der Waals surface area contributed by atoms with Gasteiger partial charge in [0.2, 0.25) is 0 Å². The summed E-state index contributed by atoms with van der Waals surface area (Å²) < 4.78 is 5.98. The molecule has 6 heteroatoms. The summed E-state index contributed by atoms with van der Waals surface area (Å²) in [6.07, 6.45) is 4.90. The Morgan fingerprint density at radius 3 is 2.42 bits per heavy atom. The highest BCUT2D eigenvalue weighted by atomic mass is 16.1. The van der Waals surface area contributed by atoms with Crippen LogP contribution in [-0.2, 0) is 19.6 Å². The first-order valence-electron chi connectivity index (χ1n) is 11.6. The van der Waals surface area contributed by atoms with Crippen LogP contribution in [0, 0.1) is 12.8 Å². The SMILES string of the molecule is CN/C=C\c1c(C)n(Cc2nc3ccccc3n2CCC(C)C)c(=O)n1Cc1ccccc1. The lowest BCUT2D eigenvalue weighted by Crippen LogP contribution is -2.27. The summed E-state index contributed by atoms with van der Waals surface area (Å²) in [6.45, 7) is 8.34. The van der Waals surface area contributed by atoms with Gasteiger partial charge in [-0.1, -0.05) is 56.3 Å². The molecule has 1 N–H and O–H groups in total. The van der Waals surface area contributed by atoms with Crippen molar-refractivity contribution in [2.45, 2.75) is 46.8 Å². The first-order chi connectivity index (χ1) is 16.0. The monoisotopic (exact) mass is 443 g/mol. The van der Waals surface area contributed by atoms with Crippen molar-refractivity contribution in [1.29, 1.82) is 0 Å². The quantitative estimate of drug-likeness (QED) is 0.410. The Kier molecular flexibility index (Phi) is 6.82. The Labute approximate surface area is 195 Å². The van der Waals surface area contributed by atoms with E-state index in [1.165, 1.54) is 0 Å². The number of imidazole rings is 2. The molecule has 0 atom stereocenters. The highest BCUT2D eigenvalue weighted by Gasteiger charge is 2.19. The highest BCUT2D eigenvalue weighted by Crippen LogP contribution is 2.20. The average Bonchev–Trinajstić information content (AvgIpc) is 3.27. The van der Waals surface area contributed by atoms with Crippen LogP contribution in [0.15, 0.2) is 65.6 Å². The van der Waals surface area contributed by atoms with E-state index in [9.17, 15) is 4.79 Å². The van der Waals surface area contributed by atoms with E-state index in [2.05, 4.69) is 41.9 Å². The Bertz CT molecular complexity index is 1310. The van der Waals surface area contributed by atoms with Gasteiger partial charge < -0.3 is 9.88 Å². The van der Waals surface area contributed by atoms with Crippen molar-refractivity contribution in [1.82, 2.24) is 24.0 Å². The molecule has 0 radical (unpaired) electrons. The Morgan fingerprint density at radius 2 is 1.70 bits per heavy atom. The van der Waals surface area contributed by atoms with Gasteiger partial charge in [0.1, 0.15) is 5.82 Å². The van der Waals surface area contributed by atoms with Crippen molar-refractivity contribution >= 4 is 17.1 Å². The van der Waals surface area contributed by atoms with Gasteiger partial charge in [-0.05, 0) is 49.2 Å². The van der Waals surface area contributed by atoms with E-state index in [1.54, 1.807) is 0 Å². The molecule has 2 aromatic carbocycles. The smallest absolute Gasteiger partial charge is 0.329 e. The number of hydrogen-bond donors (Lipinski definition) is 1. The fraction of sp³-hybridized carbons (Fsp3) is 0.333. The Balaban J connectivity index is 1.78. The minimum absolute atomic E-state index is 0.0189. The Hall–Kier alpha value is -3.54. The number of rotatable bonds is 9. The molecule has 4 aromatic rings. The summed E-state index contributed by atoms with van der Waals surface area (Å²) in [5.41, 5.74) is 5.02. The van der Waals surface area contributed by atoms with Gasteiger partial charge in [-0.15, -0.1) is 0 Å². The van der Waals surface area contributed by atoms with Crippen LogP contribution in [0.5, 0.6) is 0 Å². The van der Waals surface area contributed by atoms with E-state index in [-0.39, 0.29) is 5.69 Å². The van der Waals surface area contributed by atoms with Crippen molar-refractivity contribution in [3.63, 3.8) is 0 Å².